The molecule has 3 rings (SSSR count). The minimum atomic E-state index is -0.849. The summed E-state index contributed by atoms with van der Waals surface area (Å²) in [5.74, 6) is -1.15. The van der Waals surface area contributed by atoms with Crippen molar-refractivity contribution in [2.45, 2.75) is 52.0 Å². The first kappa shape index (κ1) is 28.8. The van der Waals surface area contributed by atoms with Crippen LogP contribution in [0.3, 0.4) is 0 Å². The molecule has 1 atom stereocenters. The van der Waals surface area contributed by atoms with Crippen LogP contribution >= 0.6 is 0 Å². The molecule has 204 valence electrons. The van der Waals surface area contributed by atoms with Crippen molar-refractivity contribution in [3.05, 3.63) is 75.3 Å². The molecule has 0 saturated carbocycles. The number of nitrogens with zero attached hydrogens (tertiary/aromatic N) is 3. The molecule has 2 aromatic carbocycles. The first-order valence-electron chi connectivity index (χ1n) is 13.2. The van der Waals surface area contributed by atoms with E-state index in [2.05, 4.69) is 18.7 Å². The summed E-state index contributed by atoms with van der Waals surface area (Å²) in [6, 6.07) is 11.5. The molecule has 0 unspecified atom stereocenters. The van der Waals surface area contributed by atoms with Gasteiger partial charge in [-0.3, -0.25) is 19.7 Å². The number of Topliss-reactive ketones (excluding diaryl/α,β-unsaturated/α-hetero) is 1. The van der Waals surface area contributed by atoms with Crippen molar-refractivity contribution < 1.29 is 24.4 Å². The summed E-state index contributed by atoms with van der Waals surface area (Å²) in [5.41, 5.74) is 0.783. The van der Waals surface area contributed by atoms with E-state index < -0.39 is 22.7 Å². The molecule has 1 fully saturated rings. The van der Waals surface area contributed by atoms with Gasteiger partial charge < -0.3 is 19.6 Å². The number of benzene rings is 2. The van der Waals surface area contributed by atoms with Crippen LogP contribution in [0, 0.1) is 10.1 Å². The summed E-state index contributed by atoms with van der Waals surface area (Å²) in [6.07, 6.45) is 5.05. The maximum Gasteiger partial charge on any atom is 0.295 e. The Labute approximate surface area is 223 Å². The molecule has 0 bridgehead atoms. The first-order valence-corrected chi connectivity index (χ1v) is 13.2. The summed E-state index contributed by atoms with van der Waals surface area (Å²) < 4.78 is 5.18. The lowest BCUT2D eigenvalue weighted by Crippen LogP contribution is -2.34. The van der Waals surface area contributed by atoms with Crippen molar-refractivity contribution in [2.24, 2.45) is 0 Å². The molecule has 1 aliphatic heterocycles. The van der Waals surface area contributed by atoms with E-state index in [0.717, 1.165) is 45.3 Å². The maximum atomic E-state index is 13.2. The Morgan fingerprint density at radius 2 is 1.55 bits per heavy atom. The van der Waals surface area contributed by atoms with Gasteiger partial charge in [-0.05, 0) is 80.9 Å². The van der Waals surface area contributed by atoms with E-state index in [1.54, 1.807) is 24.3 Å². The van der Waals surface area contributed by atoms with Gasteiger partial charge in [-0.2, -0.15) is 0 Å². The van der Waals surface area contributed by atoms with Crippen LogP contribution in [-0.4, -0.2) is 64.8 Å². The van der Waals surface area contributed by atoms with Crippen molar-refractivity contribution in [3.63, 3.8) is 0 Å². The molecule has 1 heterocycles. The summed E-state index contributed by atoms with van der Waals surface area (Å²) in [5, 5.41) is 22.4. The zero-order valence-electron chi connectivity index (χ0n) is 22.4. The molecule has 9 heteroatoms. The quantitative estimate of drug-likeness (QED) is 0.117. The van der Waals surface area contributed by atoms with Crippen LogP contribution in [0.1, 0.15) is 63.1 Å². The first-order chi connectivity index (χ1) is 18.3. The van der Waals surface area contributed by atoms with Crippen LogP contribution in [-0.2, 0) is 9.59 Å². The molecule has 0 aromatic heterocycles. The molecular weight excluding hydrogens is 486 g/mol. The molecule has 0 radical (unpaired) electrons. The van der Waals surface area contributed by atoms with E-state index in [0.29, 0.717) is 29.8 Å². The van der Waals surface area contributed by atoms with E-state index >= 15 is 0 Å². The number of carbonyl (C=O) groups excluding carboxylic acids is 2. The molecule has 1 aliphatic rings. The van der Waals surface area contributed by atoms with Crippen molar-refractivity contribution >= 4 is 23.1 Å². The third-order valence-electron chi connectivity index (χ3n) is 6.85. The smallest absolute Gasteiger partial charge is 0.295 e. The lowest BCUT2D eigenvalue weighted by atomic mass is 9.95. The highest BCUT2D eigenvalue weighted by Crippen LogP contribution is 2.40. The molecule has 1 saturated heterocycles. The zero-order chi connectivity index (χ0) is 27.7. The van der Waals surface area contributed by atoms with E-state index in [9.17, 15) is 24.8 Å². The fraction of sp³-hybridized carbons (Fsp3) is 0.448. The average molecular weight is 524 g/mol. The zero-order valence-corrected chi connectivity index (χ0v) is 22.4. The Kier molecular flexibility index (Phi) is 10.4. The number of hydrogen-bond acceptors (Lipinski definition) is 7. The number of rotatable bonds is 14. The minimum absolute atomic E-state index is 0.0251. The molecule has 9 nitrogen and oxygen atoms in total. The van der Waals surface area contributed by atoms with Crippen LogP contribution in [0.4, 0.5) is 5.69 Å². The Bertz CT molecular complexity index is 1140. The van der Waals surface area contributed by atoms with Gasteiger partial charge in [-0.25, -0.2) is 0 Å². The Hall–Kier alpha value is -3.72. The van der Waals surface area contributed by atoms with Gasteiger partial charge in [0, 0.05) is 24.2 Å². The number of ether oxygens (including phenoxy) is 1. The number of aliphatic hydroxyl groups excluding tert-OH is 1. The topological polar surface area (TPSA) is 113 Å². The van der Waals surface area contributed by atoms with Crippen LogP contribution in [0.15, 0.2) is 54.1 Å². The molecule has 0 spiro atoms. The van der Waals surface area contributed by atoms with E-state index in [1.807, 2.05) is 0 Å². The molecule has 1 N–H and O–H groups in total. The highest BCUT2D eigenvalue weighted by molar-refractivity contribution is 6.46. The standard InChI is InChI=1S/C29H37N3O6/c1-4-6-17-30(18-7-5-2)19-8-20-31-26(21-9-13-23(14-10-21)32(36)37)25(28(34)29(31)35)27(33)22-11-15-24(38-3)16-12-22/h9-16,26,33H,4-8,17-20H2,1-3H3/t26-/m1/s1. The summed E-state index contributed by atoms with van der Waals surface area (Å²) in [6.45, 7) is 7.39. The summed E-state index contributed by atoms with van der Waals surface area (Å²) in [7, 11) is 1.53. The van der Waals surface area contributed by atoms with Crippen molar-refractivity contribution in [1.29, 1.82) is 0 Å². The van der Waals surface area contributed by atoms with Crippen LogP contribution < -0.4 is 4.74 Å². The number of aliphatic hydroxyl groups is 1. The van der Waals surface area contributed by atoms with Crippen molar-refractivity contribution in [1.82, 2.24) is 9.80 Å². The number of ketones is 1. The SMILES string of the molecule is CCCCN(CCCC)CCCN1C(=O)C(=O)C(=C(O)c2ccc(OC)cc2)[C@H]1c1ccc([N+](=O)[O-])cc1. The van der Waals surface area contributed by atoms with Gasteiger partial charge in [-0.15, -0.1) is 0 Å². The maximum absolute atomic E-state index is 13.2. The summed E-state index contributed by atoms with van der Waals surface area (Å²) in [4.78, 5) is 41.0. The normalized spacial score (nSPS) is 16.8. The lowest BCUT2D eigenvalue weighted by Gasteiger charge is -2.27. The number of nitro benzene ring substituents is 1. The monoisotopic (exact) mass is 523 g/mol. The number of methoxy groups -OCH3 is 1. The second-order valence-corrected chi connectivity index (χ2v) is 9.47. The van der Waals surface area contributed by atoms with Gasteiger partial charge in [-0.1, -0.05) is 26.7 Å². The lowest BCUT2D eigenvalue weighted by molar-refractivity contribution is -0.384. The second kappa shape index (κ2) is 13.7. The number of hydrogen-bond donors (Lipinski definition) is 1. The van der Waals surface area contributed by atoms with E-state index in [4.69, 9.17) is 4.74 Å². The van der Waals surface area contributed by atoms with Gasteiger partial charge >= 0.3 is 0 Å². The number of unbranched alkanes of at least 4 members (excludes halogenated alkanes) is 2. The van der Waals surface area contributed by atoms with Crippen LogP contribution in [0.5, 0.6) is 5.75 Å². The molecule has 0 aliphatic carbocycles. The van der Waals surface area contributed by atoms with Gasteiger partial charge in [0.2, 0.25) is 0 Å². The van der Waals surface area contributed by atoms with E-state index in [1.165, 1.54) is 36.3 Å². The number of likely N-dealkylation sites (tertiary alicyclic amines) is 1. The number of amides is 1. The van der Waals surface area contributed by atoms with Gasteiger partial charge in [0.1, 0.15) is 11.5 Å². The Morgan fingerprint density at radius 3 is 2.08 bits per heavy atom. The van der Waals surface area contributed by atoms with Crippen LogP contribution in [0.2, 0.25) is 0 Å². The van der Waals surface area contributed by atoms with Crippen molar-refractivity contribution in [3.8, 4) is 5.75 Å². The molecule has 1 amide bonds. The second-order valence-electron chi connectivity index (χ2n) is 9.47. The Morgan fingerprint density at radius 1 is 0.974 bits per heavy atom. The van der Waals surface area contributed by atoms with Gasteiger partial charge in [0.25, 0.3) is 17.4 Å². The number of non-ortho nitro benzene ring substituents is 1. The minimum Gasteiger partial charge on any atom is -0.507 e. The average Bonchev–Trinajstić information content (AvgIpc) is 3.18. The fourth-order valence-corrected chi connectivity index (χ4v) is 4.70. The number of nitro groups is 1. The predicted molar refractivity (Wildman–Crippen MR) is 146 cm³/mol. The molecule has 2 aromatic rings. The third-order valence-corrected chi connectivity index (χ3v) is 6.85. The van der Waals surface area contributed by atoms with Crippen LogP contribution in [0.25, 0.3) is 5.76 Å². The highest BCUT2D eigenvalue weighted by atomic mass is 16.6. The van der Waals surface area contributed by atoms with Gasteiger partial charge in [0.05, 0.1) is 23.6 Å². The molecular formula is C29H37N3O6. The Balaban J connectivity index is 1.94. The van der Waals surface area contributed by atoms with Gasteiger partial charge in [0.15, 0.2) is 0 Å². The largest absolute Gasteiger partial charge is 0.507 e. The molecule has 38 heavy (non-hydrogen) atoms. The number of carbonyl (C=O) groups is 2. The highest BCUT2D eigenvalue weighted by Gasteiger charge is 2.45. The predicted octanol–water partition coefficient (Wildman–Crippen LogP) is 5.32. The van der Waals surface area contributed by atoms with Crippen molar-refractivity contribution in [2.75, 3.05) is 33.3 Å². The fourth-order valence-electron chi connectivity index (χ4n) is 4.70. The summed E-state index contributed by atoms with van der Waals surface area (Å²) >= 11 is 0. The third kappa shape index (κ3) is 6.77. The van der Waals surface area contributed by atoms with E-state index in [-0.39, 0.29) is 17.0 Å².